The molecular weight excluding hydrogens is 448 g/mol. The van der Waals surface area contributed by atoms with Crippen molar-refractivity contribution in [1.29, 1.82) is 0 Å². The monoisotopic (exact) mass is 484 g/mol. The first kappa shape index (κ1) is 25.2. The highest BCUT2D eigenvalue weighted by molar-refractivity contribution is 5.78. The van der Waals surface area contributed by atoms with Gasteiger partial charge in [-0.2, -0.15) is 5.10 Å². The zero-order chi connectivity index (χ0) is 25.5. The lowest BCUT2D eigenvalue weighted by Crippen LogP contribution is -2.27. The molecule has 3 aromatic heterocycles. The minimum absolute atomic E-state index is 0.514. The first-order valence-electron chi connectivity index (χ1n) is 12.9. The summed E-state index contributed by atoms with van der Waals surface area (Å²) in [6, 6.07) is 16.9. The summed E-state index contributed by atoms with van der Waals surface area (Å²) in [5.41, 5.74) is 4.48. The number of ether oxygens (including phenoxy) is 1. The van der Waals surface area contributed by atoms with Crippen LogP contribution >= 0.6 is 0 Å². The van der Waals surface area contributed by atoms with Crippen LogP contribution in [0.2, 0.25) is 0 Å². The molecule has 188 valence electrons. The van der Waals surface area contributed by atoms with Crippen molar-refractivity contribution < 1.29 is 4.74 Å². The van der Waals surface area contributed by atoms with Crippen molar-refractivity contribution >= 4 is 28.7 Å². The third kappa shape index (κ3) is 5.35. The molecule has 4 heterocycles. The van der Waals surface area contributed by atoms with Crippen molar-refractivity contribution in [3.05, 3.63) is 72.6 Å². The molecule has 0 radical (unpaired) electrons. The zero-order valence-electron chi connectivity index (χ0n) is 21.9. The number of anilines is 3. The van der Waals surface area contributed by atoms with Crippen molar-refractivity contribution in [2.45, 2.75) is 53.0 Å². The maximum atomic E-state index is 5.59. The van der Waals surface area contributed by atoms with E-state index in [9.17, 15) is 0 Å². The number of allylic oxidation sites excluding steroid dienone is 1. The Hall–Kier alpha value is -3.87. The minimum atomic E-state index is 0.514. The lowest BCUT2D eigenvalue weighted by molar-refractivity contribution is 0.369. The van der Waals surface area contributed by atoms with Gasteiger partial charge in [0.25, 0.3) is 0 Å². The Kier molecular flexibility index (Phi) is 8.21. The van der Waals surface area contributed by atoms with E-state index in [1.165, 1.54) is 12.8 Å². The van der Waals surface area contributed by atoms with Gasteiger partial charge < -0.3 is 15.0 Å². The molecule has 1 aliphatic heterocycles. The first-order chi connectivity index (χ1) is 17.7. The maximum Gasteiger partial charge on any atom is 0.177 e. The van der Waals surface area contributed by atoms with Gasteiger partial charge in [-0.25, -0.2) is 14.5 Å². The van der Waals surface area contributed by atoms with E-state index < -0.39 is 0 Å². The molecule has 0 spiro atoms. The van der Waals surface area contributed by atoms with Gasteiger partial charge in [0.1, 0.15) is 17.4 Å². The third-order valence-electron chi connectivity index (χ3n) is 6.26. The molecule has 1 fully saturated rings. The molecule has 1 unspecified atom stereocenters. The van der Waals surface area contributed by atoms with Crippen LogP contribution in [0.3, 0.4) is 0 Å². The van der Waals surface area contributed by atoms with Crippen molar-refractivity contribution in [2.75, 3.05) is 23.9 Å². The molecule has 0 bridgehead atoms. The highest BCUT2D eigenvalue weighted by Gasteiger charge is 2.21. The number of aromatic nitrogens is 4. The van der Waals surface area contributed by atoms with Crippen LogP contribution in [0.5, 0.6) is 0 Å². The van der Waals surface area contributed by atoms with Gasteiger partial charge in [-0.05, 0) is 56.5 Å². The molecule has 7 nitrogen and oxygen atoms in total. The van der Waals surface area contributed by atoms with Crippen molar-refractivity contribution in [3.8, 4) is 11.3 Å². The molecule has 1 aliphatic rings. The van der Waals surface area contributed by atoms with E-state index in [2.05, 4.69) is 65.5 Å². The molecule has 0 saturated carbocycles. The molecule has 0 aliphatic carbocycles. The van der Waals surface area contributed by atoms with E-state index in [0.717, 1.165) is 58.5 Å². The number of fused-ring (bicyclic) bond motifs is 1. The highest BCUT2D eigenvalue weighted by Crippen LogP contribution is 2.29. The number of nitrogens with zero attached hydrogens (tertiary/aromatic N) is 5. The molecule has 4 aromatic rings. The lowest BCUT2D eigenvalue weighted by Gasteiger charge is -2.23. The number of methoxy groups -OCH3 is 1. The van der Waals surface area contributed by atoms with E-state index in [0.29, 0.717) is 6.04 Å². The molecule has 1 saturated heterocycles. The van der Waals surface area contributed by atoms with Crippen LogP contribution in [0.15, 0.2) is 67.0 Å². The SMILES string of the molecule is CC.CC/C=C(/OC)c1cccc(-c2cc(Nc3cccc(N4CCCC4C)n3)c3nccn3n2)c1. The quantitative estimate of drug-likeness (QED) is 0.286. The Labute approximate surface area is 213 Å². The fourth-order valence-electron chi connectivity index (χ4n) is 4.55. The largest absolute Gasteiger partial charge is 0.496 e. The Balaban J connectivity index is 0.00000148. The summed E-state index contributed by atoms with van der Waals surface area (Å²) in [7, 11) is 1.70. The van der Waals surface area contributed by atoms with Gasteiger partial charge in [-0.3, -0.25) is 0 Å². The van der Waals surface area contributed by atoms with E-state index in [1.54, 1.807) is 17.8 Å². The highest BCUT2D eigenvalue weighted by atomic mass is 16.5. The number of hydrogen-bond acceptors (Lipinski definition) is 6. The molecule has 0 amide bonds. The average Bonchev–Trinajstić information content (AvgIpc) is 3.58. The second-order valence-corrected chi connectivity index (χ2v) is 8.59. The van der Waals surface area contributed by atoms with Crippen molar-refractivity contribution in [2.24, 2.45) is 0 Å². The standard InChI is InChI=1S/C27H30N6O.C2H6/c1-4-8-24(34-3)21-11-5-10-20(17-21)22-18-23(27-28-14-16-33(27)31-22)29-25-12-6-13-26(30-25)32-15-7-9-19(32)2;1-2/h5-6,8,10-14,16-19H,4,7,9,15H2,1-3H3,(H,29,30);1-2H3/b24-8+;. The number of benzene rings is 1. The second-order valence-electron chi connectivity index (χ2n) is 8.59. The molecular formula is C29H36N6O. The second kappa shape index (κ2) is 11.7. The van der Waals surface area contributed by atoms with Crippen LogP contribution in [0.25, 0.3) is 22.7 Å². The Bertz CT molecular complexity index is 1330. The first-order valence-corrected chi connectivity index (χ1v) is 12.9. The van der Waals surface area contributed by atoms with Gasteiger partial charge in [0.15, 0.2) is 5.65 Å². The molecule has 1 atom stereocenters. The van der Waals surface area contributed by atoms with Gasteiger partial charge in [0, 0.05) is 36.1 Å². The topological polar surface area (TPSA) is 67.6 Å². The zero-order valence-corrected chi connectivity index (χ0v) is 21.9. The fourth-order valence-corrected chi connectivity index (χ4v) is 4.55. The van der Waals surface area contributed by atoms with Gasteiger partial charge in [-0.15, -0.1) is 0 Å². The number of pyridine rings is 1. The van der Waals surface area contributed by atoms with Gasteiger partial charge >= 0.3 is 0 Å². The number of imidazole rings is 1. The molecule has 1 aromatic carbocycles. The van der Waals surface area contributed by atoms with Gasteiger partial charge in [-0.1, -0.05) is 45.0 Å². The van der Waals surface area contributed by atoms with Gasteiger partial charge in [0.2, 0.25) is 0 Å². The van der Waals surface area contributed by atoms with Crippen molar-refractivity contribution in [1.82, 2.24) is 19.6 Å². The van der Waals surface area contributed by atoms with Crippen LogP contribution < -0.4 is 10.2 Å². The normalized spacial score (nSPS) is 15.5. The third-order valence-corrected chi connectivity index (χ3v) is 6.26. The number of nitrogens with one attached hydrogen (secondary N) is 1. The predicted octanol–water partition coefficient (Wildman–Crippen LogP) is 6.95. The Morgan fingerprint density at radius 2 is 2.00 bits per heavy atom. The van der Waals surface area contributed by atoms with Crippen LogP contribution in [0.4, 0.5) is 17.3 Å². The molecule has 5 rings (SSSR count). The van der Waals surface area contributed by atoms with Crippen LogP contribution in [0.1, 0.15) is 52.5 Å². The van der Waals surface area contributed by atoms with E-state index in [4.69, 9.17) is 14.8 Å². The summed E-state index contributed by atoms with van der Waals surface area (Å²) >= 11 is 0. The summed E-state index contributed by atoms with van der Waals surface area (Å²) in [5.74, 6) is 2.66. The van der Waals surface area contributed by atoms with E-state index >= 15 is 0 Å². The smallest absolute Gasteiger partial charge is 0.177 e. The molecule has 1 N–H and O–H groups in total. The van der Waals surface area contributed by atoms with E-state index in [-0.39, 0.29) is 0 Å². The molecule has 7 heteroatoms. The van der Waals surface area contributed by atoms with Crippen molar-refractivity contribution in [3.63, 3.8) is 0 Å². The lowest BCUT2D eigenvalue weighted by atomic mass is 10.1. The van der Waals surface area contributed by atoms with Crippen LogP contribution in [0, 0.1) is 0 Å². The minimum Gasteiger partial charge on any atom is -0.496 e. The van der Waals surface area contributed by atoms with Crippen LogP contribution in [-0.2, 0) is 4.74 Å². The predicted molar refractivity (Wildman–Crippen MR) is 149 cm³/mol. The Morgan fingerprint density at radius 1 is 1.17 bits per heavy atom. The summed E-state index contributed by atoms with van der Waals surface area (Å²) in [5, 5.41) is 8.29. The summed E-state index contributed by atoms with van der Waals surface area (Å²) in [4.78, 5) is 11.8. The van der Waals surface area contributed by atoms with Gasteiger partial charge in [0.05, 0.1) is 18.5 Å². The summed E-state index contributed by atoms with van der Waals surface area (Å²) in [6.45, 7) is 9.41. The molecule has 36 heavy (non-hydrogen) atoms. The van der Waals surface area contributed by atoms with E-state index in [1.807, 2.05) is 38.2 Å². The average molecular weight is 485 g/mol. The number of rotatable bonds is 7. The summed E-state index contributed by atoms with van der Waals surface area (Å²) in [6.07, 6.45) is 9.03. The summed E-state index contributed by atoms with van der Waals surface area (Å²) < 4.78 is 7.39. The number of hydrogen-bond donors (Lipinski definition) is 1. The fraction of sp³-hybridized carbons (Fsp3) is 0.345. The van der Waals surface area contributed by atoms with Crippen LogP contribution in [-0.4, -0.2) is 39.3 Å². The Morgan fingerprint density at radius 3 is 2.75 bits per heavy atom. The maximum absolute atomic E-state index is 5.59.